The molecule has 342 valence electrons. The topological polar surface area (TPSA) is 308 Å². The van der Waals surface area contributed by atoms with Crippen LogP contribution >= 0.6 is 0 Å². The Kier molecular flexibility index (Phi) is 18.4. The van der Waals surface area contributed by atoms with E-state index in [0.29, 0.717) is 29.5 Å². The number of aromatic nitrogens is 1. The van der Waals surface area contributed by atoms with Crippen molar-refractivity contribution in [1.29, 1.82) is 0 Å². The zero-order chi connectivity index (χ0) is 46.9. The van der Waals surface area contributed by atoms with Crippen LogP contribution in [0.25, 0.3) is 10.9 Å². The fourth-order valence-electron chi connectivity index (χ4n) is 6.95. The fraction of sp³-hybridized carbons (Fsp3) is 0.378. The Balaban J connectivity index is 1.49. The lowest BCUT2D eigenvalue weighted by atomic mass is 10.0. The zero-order valence-electron chi connectivity index (χ0n) is 36.0. The minimum absolute atomic E-state index is 0.00650. The van der Waals surface area contributed by atoms with Crippen molar-refractivity contribution >= 4 is 58.2 Å². The van der Waals surface area contributed by atoms with Gasteiger partial charge in [-0.1, -0.05) is 80.4 Å². The van der Waals surface area contributed by atoms with E-state index in [-0.39, 0.29) is 31.4 Å². The molecular formula is C45H57N9O10. The Bertz CT molecular complexity index is 2270. The number of nitrogens with one attached hydrogen (secondary N) is 6. The van der Waals surface area contributed by atoms with Crippen molar-refractivity contribution in [3.63, 3.8) is 0 Å². The largest absolute Gasteiger partial charge is 0.508 e. The van der Waals surface area contributed by atoms with E-state index >= 15 is 0 Å². The summed E-state index contributed by atoms with van der Waals surface area (Å²) in [6.07, 6.45) is 2.05. The van der Waals surface area contributed by atoms with Gasteiger partial charge in [0.25, 0.3) is 0 Å². The van der Waals surface area contributed by atoms with Crippen molar-refractivity contribution in [2.75, 3.05) is 13.6 Å². The van der Waals surface area contributed by atoms with Gasteiger partial charge in [0, 0.05) is 37.0 Å². The van der Waals surface area contributed by atoms with E-state index in [1.54, 1.807) is 54.7 Å². The fourth-order valence-corrected chi connectivity index (χ4v) is 6.95. The number of carboxylic acids is 1. The number of nitrogens with zero attached hydrogens (tertiary/aromatic N) is 1. The molecule has 1 heterocycles. The molecule has 4 aromatic rings. The molecule has 4 rings (SSSR count). The number of aromatic hydroxyl groups is 1. The number of benzene rings is 3. The molecule has 0 aliphatic carbocycles. The van der Waals surface area contributed by atoms with Crippen LogP contribution in [-0.4, -0.2) is 117 Å². The predicted octanol–water partition coefficient (Wildman–Crippen LogP) is 0.281. The average Bonchev–Trinajstić information content (AvgIpc) is 3.67. The number of hydrogen-bond donors (Lipinski definition) is 10. The van der Waals surface area contributed by atoms with Gasteiger partial charge in [-0.25, -0.2) is 0 Å². The normalized spacial score (nSPS) is 13.8. The molecule has 0 fully saturated rings. The highest BCUT2D eigenvalue weighted by Crippen LogP contribution is 2.21. The Morgan fingerprint density at radius 3 is 2.03 bits per heavy atom. The molecule has 19 heteroatoms. The SMILES string of the molecule is CCCCC(C(=O)NC(CC(=O)O)C(=O)NC(Cc1ccccc1)C(N)=O)N(C)C(=O)C(Cc1c[nH]c2ccccc12)NC(=O)CNC(=O)C(C)NC(=O)C(N)Cc1ccc(O)cc1. The average molecular weight is 884 g/mol. The first-order chi connectivity index (χ1) is 30.5. The van der Waals surface area contributed by atoms with Crippen molar-refractivity contribution < 1.29 is 48.6 Å². The number of fused-ring (bicyclic) bond motifs is 1. The smallest absolute Gasteiger partial charge is 0.305 e. The Hall–Kier alpha value is -7.28. The molecular weight excluding hydrogens is 827 g/mol. The van der Waals surface area contributed by atoms with Gasteiger partial charge in [0.15, 0.2) is 0 Å². The van der Waals surface area contributed by atoms with Gasteiger partial charge in [0.05, 0.1) is 19.0 Å². The number of carbonyl (C=O) groups is 8. The third-order valence-corrected chi connectivity index (χ3v) is 10.5. The summed E-state index contributed by atoms with van der Waals surface area (Å²) in [5.74, 6) is -6.89. The number of carbonyl (C=O) groups excluding carboxylic acids is 7. The molecule has 0 aliphatic rings. The van der Waals surface area contributed by atoms with E-state index in [1.807, 2.05) is 25.1 Å². The summed E-state index contributed by atoms with van der Waals surface area (Å²) in [6, 6.07) is 14.5. The molecule has 3 aromatic carbocycles. The monoisotopic (exact) mass is 883 g/mol. The number of primary amides is 1. The predicted molar refractivity (Wildman–Crippen MR) is 236 cm³/mol. The third kappa shape index (κ3) is 14.7. The van der Waals surface area contributed by atoms with E-state index in [2.05, 4.69) is 31.6 Å². The summed E-state index contributed by atoms with van der Waals surface area (Å²) in [7, 11) is 1.35. The maximum atomic E-state index is 14.5. The number of carboxylic acid groups (broad SMARTS) is 1. The van der Waals surface area contributed by atoms with Crippen molar-refractivity contribution in [1.82, 2.24) is 36.5 Å². The van der Waals surface area contributed by atoms with Gasteiger partial charge in [0.2, 0.25) is 41.4 Å². The van der Waals surface area contributed by atoms with E-state index in [4.69, 9.17) is 11.5 Å². The van der Waals surface area contributed by atoms with Gasteiger partial charge in [-0.05, 0) is 54.7 Å². The van der Waals surface area contributed by atoms with Crippen LogP contribution in [0, 0.1) is 0 Å². The Morgan fingerprint density at radius 1 is 0.734 bits per heavy atom. The quantitative estimate of drug-likeness (QED) is 0.0456. The molecule has 0 saturated carbocycles. The van der Waals surface area contributed by atoms with E-state index in [0.717, 1.165) is 15.8 Å². The number of nitrogens with two attached hydrogens (primary N) is 2. The maximum absolute atomic E-state index is 14.5. The van der Waals surface area contributed by atoms with Crippen LogP contribution in [-0.2, 0) is 57.6 Å². The van der Waals surface area contributed by atoms with Crippen molar-refractivity contribution in [3.05, 3.63) is 102 Å². The first-order valence-corrected chi connectivity index (χ1v) is 20.9. The van der Waals surface area contributed by atoms with Crippen LogP contribution in [0.3, 0.4) is 0 Å². The van der Waals surface area contributed by atoms with Crippen LogP contribution in [0.2, 0.25) is 0 Å². The number of aliphatic carboxylic acids is 1. The van der Waals surface area contributed by atoms with Crippen LogP contribution in [0.15, 0.2) is 85.1 Å². The number of phenols is 1. The summed E-state index contributed by atoms with van der Waals surface area (Å²) in [5, 5.41) is 32.5. The van der Waals surface area contributed by atoms with Gasteiger partial charge in [-0.15, -0.1) is 0 Å². The number of hydrogen-bond acceptors (Lipinski definition) is 10. The van der Waals surface area contributed by atoms with Crippen molar-refractivity contribution in [2.24, 2.45) is 11.5 Å². The molecule has 7 amide bonds. The van der Waals surface area contributed by atoms with E-state index in [1.165, 1.54) is 26.1 Å². The second kappa shape index (κ2) is 23.8. The minimum Gasteiger partial charge on any atom is -0.508 e. The number of rotatable bonds is 24. The summed E-state index contributed by atoms with van der Waals surface area (Å²) in [6.45, 7) is 2.67. The van der Waals surface area contributed by atoms with Crippen LogP contribution in [0.5, 0.6) is 5.75 Å². The molecule has 0 spiro atoms. The lowest BCUT2D eigenvalue weighted by molar-refractivity contribution is -0.144. The van der Waals surface area contributed by atoms with E-state index < -0.39 is 96.5 Å². The van der Waals surface area contributed by atoms with Gasteiger partial charge in [-0.3, -0.25) is 38.4 Å². The maximum Gasteiger partial charge on any atom is 0.305 e. The number of amides is 7. The highest BCUT2D eigenvalue weighted by Gasteiger charge is 2.36. The minimum atomic E-state index is -1.66. The Labute approximate surface area is 370 Å². The Morgan fingerprint density at radius 2 is 1.38 bits per heavy atom. The second-order valence-corrected chi connectivity index (χ2v) is 15.5. The molecule has 64 heavy (non-hydrogen) atoms. The lowest BCUT2D eigenvalue weighted by Crippen LogP contribution is -2.59. The number of para-hydroxylation sites is 1. The number of aromatic amines is 1. The summed E-state index contributed by atoms with van der Waals surface area (Å²) >= 11 is 0. The first kappa shape index (κ1) is 49.4. The molecule has 12 N–H and O–H groups in total. The molecule has 6 unspecified atom stereocenters. The zero-order valence-corrected chi connectivity index (χ0v) is 36.0. The van der Waals surface area contributed by atoms with E-state index in [9.17, 15) is 48.6 Å². The first-order valence-electron chi connectivity index (χ1n) is 20.9. The molecule has 1 aromatic heterocycles. The third-order valence-electron chi connectivity index (χ3n) is 10.5. The van der Waals surface area contributed by atoms with Gasteiger partial charge in [-0.2, -0.15) is 0 Å². The highest BCUT2D eigenvalue weighted by atomic mass is 16.4. The van der Waals surface area contributed by atoms with Crippen LogP contribution < -0.4 is 38.1 Å². The molecule has 6 atom stereocenters. The molecule has 0 bridgehead atoms. The number of unbranched alkanes of at least 4 members (excludes halogenated alkanes) is 1. The summed E-state index contributed by atoms with van der Waals surface area (Å²) in [5.41, 5.74) is 14.4. The van der Waals surface area contributed by atoms with Crippen LogP contribution in [0.1, 0.15) is 56.2 Å². The van der Waals surface area contributed by atoms with Crippen LogP contribution in [0.4, 0.5) is 0 Å². The highest BCUT2D eigenvalue weighted by molar-refractivity contribution is 5.98. The number of likely N-dealkylation sites (N-methyl/N-ethyl adjacent to an activating group) is 1. The standard InChI is InChI=1S/C45H57N9O10/c1-4-5-15-37(44(63)53-35(23-39(57)58)43(62)52-34(40(47)59)21-27-11-7-6-8-12-27)54(3)45(64)36(22-29-24-48-33-14-10-9-13-31(29)33)51-38(56)25-49-41(60)26(2)50-42(61)32(46)20-28-16-18-30(55)19-17-28/h6-14,16-19,24,26,32,34-37,48,55H,4-5,15,20-23,25,46H2,1-3H3,(H2,47,59)(H,49,60)(H,50,61)(H,51,56)(H,52,62)(H,53,63)(H,57,58). The number of phenolic OH excluding ortho intramolecular Hbond substituents is 1. The molecule has 19 nitrogen and oxygen atoms in total. The molecule has 0 saturated heterocycles. The number of H-pyrrole nitrogens is 1. The van der Waals surface area contributed by atoms with Crippen molar-refractivity contribution in [3.8, 4) is 5.75 Å². The van der Waals surface area contributed by atoms with Crippen molar-refractivity contribution in [2.45, 2.75) is 95.0 Å². The van der Waals surface area contributed by atoms with Gasteiger partial charge < -0.3 is 58.1 Å². The molecule has 0 radical (unpaired) electrons. The van der Waals surface area contributed by atoms with Gasteiger partial charge >= 0.3 is 5.97 Å². The molecule has 0 aliphatic heterocycles. The summed E-state index contributed by atoms with van der Waals surface area (Å²) < 4.78 is 0. The van der Waals surface area contributed by atoms with Gasteiger partial charge in [0.1, 0.15) is 36.0 Å². The lowest BCUT2D eigenvalue weighted by Gasteiger charge is -2.32. The summed E-state index contributed by atoms with van der Waals surface area (Å²) in [4.78, 5) is 110. The second-order valence-electron chi connectivity index (χ2n) is 15.5.